The second kappa shape index (κ2) is 5.97. The number of carbonyl (C=O) groups excluding carboxylic acids is 2. The predicted octanol–water partition coefficient (Wildman–Crippen LogP) is 0.622. The van der Waals surface area contributed by atoms with Gasteiger partial charge in [-0.15, -0.1) is 0 Å². The van der Waals surface area contributed by atoms with Gasteiger partial charge in [-0.25, -0.2) is 0 Å². The number of imide groups is 1. The number of nitrogens with zero attached hydrogens (tertiary/aromatic N) is 3. The Kier molecular flexibility index (Phi) is 4.05. The molecule has 1 unspecified atom stereocenters. The van der Waals surface area contributed by atoms with Crippen LogP contribution in [0.15, 0.2) is 12.4 Å². The van der Waals surface area contributed by atoms with Gasteiger partial charge in [-0.1, -0.05) is 12.8 Å². The van der Waals surface area contributed by atoms with E-state index in [0.717, 1.165) is 37.7 Å². The van der Waals surface area contributed by atoms with Gasteiger partial charge in [-0.3, -0.25) is 19.2 Å². The molecular formula is C15H22N4O2. The van der Waals surface area contributed by atoms with Gasteiger partial charge < -0.3 is 5.32 Å². The molecule has 114 valence electrons. The van der Waals surface area contributed by atoms with Crippen LogP contribution in [0.2, 0.25) is 0 Å². The van der Waals surface area contributed by atoms with Crippen LogP contribution in [0, 0.1) is 0 Å². The van der Waals surface area contributed by atoms with E-state index >= 15 is 0 Å². The summed E-state index contributed by atoms with van der Waals surface area (Å²) >= 11 is 0. The maximum atomic E-state index is 12.4. The third-order valence-electron chi connectivity index (χ3n) is 4.44. The molecule has 1 N–H and O–H groups in total. The fourth-order valence-electron chi connectivity index (χ4n) is 3.35. The molecule has 1 aromatic heterocycles. The first-order chi connectivity index (χ1) is 10.1. The molecule has 0 bridgehead atoms. The lowest BCUT2D eigenvalue weighted by molar-refractivity contribution is -0.141. The van der Waals surface area contributed by atoms with Gasteiger partial charge in [0.2, 0.25) is 11.8 Å². The predicted molar refractivity (Wildman–Crippen MR) is 77.4 cm³/mol. The number of nitrogens with one attached hydrogen (secondary N) is 1. The van der Waals surface area contributed by atoms with Crippen molar-refractivity contribution < 1.29 is 9.59 Å². The van der Waals surface area contributed by atoms with Crippen LogP contribution in [0.1, 0.15) is 37.7 Å². The van der Waals surface area contributed by atoms with Gasteiger partial charge in [0, 0.05) is 25.8 Å². The van der Waals surface area contributed by atoms with E-state index in [2.05, 4.69) is 10.4 Å². The molecule has 1 aromatic rings. The molecule has 0 radical (unpaired) electrons. The van der Waals surface area contributed by atoms with Gasteiger partial charge in [0.05, 0.1) is 18.7 Å². The summed E-state index contributed by atoms with van der Waals surface area (Å²) in [6.45, 7) is 0.688. The molecule has 1 atom stereocenters. The summed E-state index contributed by atoms with van der Waals surface area (Å²) in [5, 5.41) is 7.34. The van der Waals surface area contributed by atoms with E-state index in [4.69, 9.17) is 0 Å². The summed E-state index contributed by atoms with van der Waals surface area (Å²) in [6, 6.07) is -0.190. The molecule has 2 heterocycles. The average Bonchev–Trinajstić information content (AvgIpc) is 3.14. The molecule has 6 heteroatoms. The van der Waals surface area contributed by atoms with Crippen LogP contribution in [0.4, 0.5) is 0 Å². The van der Waals surface area contributed by atoms with Crippen LogP contribution < -0.4 is 5.32 Å². The third kappa shape index (κ3) is 3.00. The monoisotopic (exact) mass is 290 g/mol. The first-order valence-corrected chi connectivity index (χ1v) is 7.72. The molecular weight excluding hydrogens is 268 g/mol. The zero-order valence-electron chi connectivity index (χ0n) is 12.4. The average molecular weight is 290 g/mol. The Morgan fingerprint density at radius 1 is 1.33 bits per heavy atom. The number of rotatable bonds is 5. The van der Waals surface area contributed by atoms with Crippen molar-refractivity contribution in [3.05, 3.63) is 18.0 Å². The summed E-state index contributed by atoms with van der Waals surface area (Å²) in [7, 11) is 1.88. The van der Waals surface area contributed by atoms with Crippen LogP contribution in [-0.4, -0.2) is 45.1 Å². The van der Waals surface area contributed by atoms with Crippen molar-refractivity contribution in [1.82, 2.24) is 20.0 Å². The van der Waals surface area contributed by atoms with Gasteiger partial charge in [0.25, 0.3) is 0 Å². The minimum absolute atomic E-state index is 0.00854. The molecule has 1 aliphatic heterocycles. The smallest absolute Gasteiger partial charge is 0.247 e. The lowest BCUT2D eigenvalue weighted by Crippen LogP contribution is -2.43. The Morgan fingerprint density at radius 2 is 2.10 bits per heavy atom. The number of carbonyl (C=O) groups is 2. The number of amides is 2. The fourth-order valence-corrected chi connectivity index (χ4v) is 3.35. The Balaban J connectivity index is 1.52. The molecule has 21 heavy (non-hydrogen) atoms. The molecule has 0 spiro atoms. The highest BCUT2D eigenvalue weighted by molar-refractivity contribution is 6.05. The molecule has 0 aromatic carbocycles. The van der Waals surface area contributed by atoms with Crippen LogP contribution >= 0.6 is 0 Å². The van der Waals surface area contributed by atoms with Crippen LogP contribution in [0.3, 0.4) is 0 Å². The molecule has 1 saturated carbocycles. The second-order valence-corrected chi connectivity index (χ2v) is 6.02. The molecule has 6 nitrogen and oxygen atoms in total. The Labute approximate surface area is 124 Å². The maximum Gasteiger partial charge on any atom is 0.247 e. The van der Waals surface area contributed by atoms with Gasteiger partial charge in [0.15, 0.2) is 0 Å². The van der Waals surface area contributed by atoms with Crippen molar-refractivity contribution in [2.24, 2.45) is 7.05 Å². The number of hydrogen-bond donors (Lipinski definition) is 1. The third-order valence-corrected chi connectivity index (χ3v) is 4.44. The van der Waals surface area contributed by atoms with E-state index in [1.807, 2.05) is 19.4 Å². The largest absolute Gasteiger partial charge is 0.305 e. The Morgan fingerprint density at radius 3 is 2.76 bits per heavy atom. The summed E-state index contributed by atoms with van der Waals surface area (Å²) in [5.41, 5.74) is 1.13. The fraction of sp³-hybridized carbons (Fsp3) is 0.667. The van der Waals surface area contributed by atoms with Gasteiger partial charge in [0.1, 0.15) is 0 Å². The van der Waals surface area contributed by atoms with Gasteiger partial charge >= 0.3 is 0 Å². The van der Waals surface area contributed by atoms with Gasteiger partial charge in [-0.05, 0) is 24.8 Å². The minimum Gasteiger partial charge on any atom is -0.305 e. The summed E-state index contributed by atoms with van der Waals surface area (Å²) in [4.78, 5) is 26.0. The van der Waals surface area contributed by atoms with Crippen LogP contribution in [-0.2, 0) is 23.1 Å². The first kappa shape index (κ1) is 14.3. The molecule has 2 aliphatic rings. The quantitative estimate of drug-likeness (QED) is 0.807. The second-order valence-electron chi connectivity index (χ2n) is 6.02. The number of aromatic nitrogens is 2. The van der Waals surface area contributed by atoms with E-state index in [0.29, 0.717) is 13.0 Å². The number of hydrogen-bond acceptors (Lipinski definition) is 4. The normalized spacial score (nSPS) is 23.5. The maximum absolute atomic E-state index is 12.4. The lowest BCUT2D eigenvalue weighted by Gasteiger charge is -2.22. The van der Waals surface area contributed by atoms with E-state index in [-0.39, 0.29) is 23.9 Å². The minimum atomic E-state index is -0.338. The molecule has 1 saturated heterocycles. The Bertz CT molecular complexity index is 534. The highest BCUT2D eigenvalue weighted by Crippen LogP contribution is 2.28. The highest BCUT2D eigenvalue weighted by Gasteiger charge is 2.42. The molecule has 2 amide bonds. The zero-order chi connectivity index (χ0) is 14.8. The van der Waals surface area contributed by atoms with Crippen molar-refractivity contribution in [3.63, 3.8) is 0 Å². The topological polar surface area (TPSA) is 67.2 Å². The molecule has 2 fully saturated rings. The first-order valence-electron chi connectivity index (χ1n) is 7.72. The number of likely N-dealkylation sites (tertiary alicyclic amines) is 1. The Hall–Kier alpha value is -1.69. The summed E-state index contributed by atoms with van der Waals surface area (Å²) in [6.07, 6.45) is 9.11. The van der Waals surface area contributed by atoms with E-state index in [9.17, 15) is 9.59 Å². The lowest BCUT2D eigenvalue weighted by atomic mass is 10.2. The summed E-state index contributed by atoms with van der Waals surface area (Å²) < 4.78 is 1.77. The number of aryl methyl sites for hydroxylation is 1. The van der Waals surface area contributed by atoms with Gasteiger partial charge in [-0.2, -0.15) is 5.10 Å². The highest BCUT2D eigenvalue weighted by atomic mass is 16.2. The van der Waals surface area contributed by atoms with Crippen molar-refractivity contribution in [2.75, 3.05) is 6.54 Å². The summed E-state index contributed by atoms with van der Waals surface area (Å²) in [5.74, 6) is -0.0381. The van der Waals surface area contributed by atoms with Crippen molar-refractivity contribution in [2.45, 2.75) is 50.6 Å². The van der Waals surface area contributed by atoms with Crippen molar-refractivity contribution in [1.29, 1.82) is 0 Å². The SMILES string of the molecule is Cn1cc(CCNC2CC(=O)N(C3CCCC3)C2=O)cn1. The van der Waals surface area contributed by atoms with E-state index < -0.39 is 0 Å². The molecule has 1 aliphatic carbocycles. The van der Waals surface area contributed by atoms with Crippen molar-refractivity contribution in [3.8, 4) is 0 Å². The molecule has 3 rings (SSSR count). The standard InChI is InChI=1S/C15H22N4O2/c1-18-10-11(9-17-18)6-7-16-13-8-14(20)19(15(13)21)12-4-2-3-5-12/h9-10,12-13,16H,2-8H2,1H3. The van der Waals surface area contributed by atoms with Crippen LogP contribution in [0.5, 0.6) is 0 Å². The zero-order valence-corrected chi connectivity index (χ0v) is 12.4. The van der Waals surface area contributed by atoms with Crippen molar-refractivity contribution >= 4 is 11.8 Å². The van der Waals surface area contributed by atoms with E-state index in [1.54, 1.807) is 4.68 Å². The van der Waals surface area contributed by atoms with E-state index in [1.165, 1.54) is 4.90 Å². The van der Waals surface area contributed by atoms with Crippen LogP contribution in [0.25, 0.3) is 0 Å².